The van der Waals surface area contributed by atoms with E-state index in [9.17, 15) is 9.90 Å². The van der Waals surface area contributed by atoms with Gasteiger partial charge in [-0.15, -0.1) is 0 Å². The maximum Gasteiger partial charge on any atom is 0.167 e. The van der Waals surface area contributed by atoms with Crippen molar-refractivity contribution < 1.29 is 24.1 Å². The lowest BCUT2D eigenvalue weighted by Gasteiger charge is -2.47. The summed E-state index contributed by atoms with van der Waals surface area (Å²) in [4.78, 5) is 13.4. The van der Waals surface area contributed by atoms with Crippen molar-refractivity contribution >= 4 is 5.78 Å². The van der Waals surface area contributed by atoms with Gasteiger partial charge in [0, 0.05) is 41.0 Å². The van der Waals surface area contributed by atoms with Crippen molar-refractivity contribution in [1.82, 2.24) is 0 Å². The second kappa shape index (κ2) is 6.02. The van der Waals surface area contributed by atoms with Gasteiger partial charge >= 0.3 is 0 Å². The number of benzene rings is 3. The Kier molecular flexibility index (Phi) is 3.49. The van der Waals surface area contributed by atoms with Crippen LogP contribution in [0.25, 0.3) is 11.1 Å². The van der Waals surface area contributed by atoms with Gasteiger partial charge in [0.25, 0.3) is 0 Å². The van der Waals surface area contributed by atoms with Gasteiger partial charge in [0.2, 0.25) is 0 Å². The lowest BCUT2D eigenvalue weighted by molar-refractivity contribution is 0.0867. The number of carbonyl (C=O) groups is 1. The van der Waals surface area contributed by atoms with Crippen LogP contribution in [0.1, 0.15) is 51.4 Å². The molecule has 1 N–H and O–H groups in total. The number of phenolic OH excluding ortho intramolecular Hbond substituents is 1. The third-order valence-corrected chi connectivity index (χ3v) is 6.71. The number of carbonyl (C=O) groups excluding carboxylic acids is 1. The molecule has 3 aromatic carbocycles. The topological polar surface area (TPSA) is 65.0 Å². The van der Waals surface area contributed by atoms with Gasteiger partial charge in [-0.25, -0.2) is 0 Å². The molecule has 0 fully saturated rings. The first-order chi connectivity index (χ1) is 14.6. The third kappa shape index (κ3) is 2.04. The third-order valence-electron chi connectivity index (χ3n) is 6.71. The van der Waals surface area contributed by atoms with Crippen LogP contribution in [0.3, 0.4) is 0 Å². The summed E-state index contributed by atoms with van der Waals surface area (Å²) < 4.78 is 17.8. The molecule has 1 aliphatic heterocycles. The highest BCUT2D eigenvalue weighted by atomic mass is 16.5. The molecule has 0 saturated carbocycles. The van der Waals surface area contributed by atoms with E-state index < -0.39 is 0 Å². The zero-order valence-corrected chi connectivity index (χ0v) is 16.6. The van der Waals surface area contributed by atoms with Gasteiger partial charge in [-0.3, -0.25) is 4.79 Å². The number of rotatable bonds is 2. The van der Waals surface area contributed by atoms with E-state index >= 15 is 0 Å². The van der Waals surface area contributed by atoms with Gasteiger partial charge in [-0.1, -0.05) is 30.3 Å². The Balaban J connectivity index is 1.78. The highest BCUT2D eigenvalue weighted by Gasteiger charge is 2.51. The summed E-state index contributed by atoms with van der Waals surface area (Å²) in [5.74, 6) is 2.00. The Morgan fingerprint density at radius 2 is 1.67 bits per heavy atom. The Morgan fingerprint density at radius 1 is 0.933 bits per heavy atom. The number of ether oxygens (including phenoxy) is 3. The molecular formula is C25H20O5. The van der Waals surface area contributed by atoms with Gasteiger partial charge in [-0.2, -0.15) is 0 Å². The zero-order chi connectivity index (χ0) is 20.6. The molecule has 6 rings (SSSR count). The lowest BCUT2D eigenvalue weighted by atomic mass is 9.61. The number of aromatic hydroxyl groups is 1. The predicted molar refractivity (Wildman–Crippen MR) is 111 cm³/mol. The standard InChI is InChI=1S/C25H20O5/c1-28-18-11-19(29-2)23-20-13(7-5-8-15(20)26)25-21-14(10-16(27)22(18)24(21)23)12-6-3-4-9-17(12)30-25/h3-9,11,14,21,25-26H,10H2,1-2H3/t14-,21+,25+/m1/s1. The number of ketones is 1. The molecule has 3 aliphatic rings. The van der Waals surface area contributed by atoms with Crippen LogP contribution in [0, 0.1) is 0 Å². The van der Waals surface area contributed by atoms with Crippen LogP contribution >= 0.6 is 0 Å². The van der Waals surface area contributed by atoms with E-state index in [-0.39, 0.29) is 29.5 Å². The van der Waals surface area contributed by atoms with Crippen LogP contribution in [-0.4, -0.2) is 25.1 Å². The first-order valence-corrected chi connectivity index (χ1v) is 10.0. The van der Waals surface area contributed by atoms with E-state index in [4.69, 9.17) is 14.2 Å². The van der Waals surface area contributed by atoms with Gasteiger partial charge in [0.05, 0.1) is 19.8 Å². The molecule has 0 amide bonds. The van der Waals surface area contributed by atoms with Crippen molar-refractivity contribution in [3.05, 3.63) is 70.8 Å². The van der Waals surface area contributed by atoms with Crippen LogP contribution in [0.2, 0.25) is 0 Å². The minimum absolute atomic E-state index is 0.00832. The van der Waals surface area contributed by atoms with Crippen molar-refractivity contribution in [1.29, 1.82) is 0 Å². The summed E-state index contributed by atoms with van der Waals surface area (Å²) >= 11 is 0. The Bertz CT molecular complexity index is 1230. The van der Waals surface area contributed by atoms with Crippen LogP contribution in [0.5, 0.6) is 23.0 Å². The summed E-state index contributed by atoms with van der Waals surface area (Å²) in [6.07, 6.45) is 0.0910. The number of phenols is 1. The van der Waals surface area contributed by atoms with E-state index in [1.54, 1.807) is 26.4 Å². The molecule has 1 heterocycles. The van der Waals surface area contributed by atoms with E-state index in [0.717, 1.165) is 28.0 Å². The fourth-order valence-corrected chi connectivity index (χ4v) is 5.58. The van der Waals surface area contributed by atoms with Crippen LogP contribution in [0.15, 0.2) is 48.5 Å². The SMILES string of the molecule is COc1cc(OC)c2c3c1C(=O)C[C@@H]1c4ccccc4O[C@@H](c4cccc(O)c4-2)[C@H]31. The van der Waals surface area contributed by atoms with Crippen LogP contribution < -0.4 is 14.2 Å². The maximum atomic E-state index is 13.4. The molecule has 30 heavy (non-hydrogen) atoms. The molecule has 150 valence electrons. The summed E-state index contributed by atoms with van der Waals surface area (Å²) in [6.45, 7) is 0. The van der Waals surface area contributed by atoms with Gasteiger partial charge in [0.1, 0.15) is 29.1 Å². The Hall–Kier alpha value is -3.47. The Morgan fingerprint density at radius 3 is 2.47 bits per heavy atom. The van der Waals surface area contributed by atoms with E-state index in [0.29, 0.717) is 29.0 Å². The molecule has 0 spiro atoms. The molecule has 5 nitrogen and oxygen atoms in total. The van der Waals surface area contributed by atoms with Crippen molar-refractivity contribution in [2.45, 2.75) is 24.4 Å². The fourth-order valence-electron chi connectivity index (χ4n) is 5.58. The summed E-state index contributed by atoms with van der Waals surface area (Å²) in [5.41, 5.74) is 4.84. The average molecular weight is 400 g/mol. The van der Waals surface area contributed by atoms with E-state index in [2.05, 4.69) is 0 Å². The van der Waals surface area contributed by atoms with Gasteiger partial charge < -0.3 is 19.3 Å². The first kappa shape index (κ1) is 17.4. The number of Topliss-reactive ketones (excluding diaryl/α,β-unsaturated/α-hetero) is 1. The number of methoxy groups -OCH3 is 2. The summed E-state index contributed by atoms with van der Waals surface area (Å²) in [6, 6.07) is 15.2. The highest BCUT2D eigenvalue weighted by Crippen LogP contribution is 2.64. The van der Waals surface area contributed by atoms with Gasteiger partial charge in [0.15, 0.2) is 5.78 Å². The molecular weight excluding hydrogens is 380 g/mol. The van der Waals surface area contributed by atoms with E-state index in [1.165, 1.54) is 0 Å². The second-order valence-electron chi connectivity index (χ2n) is 8.02. The number of hydrogen-bond donors (Lipinski definition) is 1. The largest absolute Gasteiger partial charge is 0.507 e. The predicted octanol–water partition coefficient (Wildman–Crippen LogP) is 4.98. The van der Waals surface area contributed by atoms with Crippen LogP contribution in [-0.2, 0) is 0 Å². The number of fused-ring (bicyclic) bond motifs is 5. The van der Waals surface area contributed by atoms with E-state index in [1.807, 2.05) is 36.4 Å². The fraction of sp³-hybridized carbons (Fsp3) is 0.240. The van der Waals surface area contributed by atoms with Crippen molar-refractivity contribution in [2.75, 3.05) is 14.2 Å². The van der Waals surface area contributed by atoms with Crippen molar-refractivity contribution in [3.8, 4) is 34.1 Å². The van der Waals surface area contributed by atoms with Crippen molar-refractivity contribution in [3.63, 3.8) is 0 Å². The minimum Gasteiger partial charge on any atom is -0.507 e. The molecule has 0 saturated heterocycles. The summed E-state index contributed by atoms with van der Waals surface area (Å²) in [7, 11) is 3.16. The van der Waals surface area contributed by atoms with Crippen molar-refractivity contribution in [2.24, 2.45) is 0 Å². The van der Waals surface area contributed by atoms with Gasteiger partial charge in [-0.05, 0) is 23.3 Å². The maximum absolute atomic E-state index is 13.4. The summed E-state index contributed by atoms with van der Waals surface area (Å²) in [5, 5.41) is 10.8. The molecule has 0 unspecified atom stereocenters. The molecule has 3 aromatic rings. The molecule has 5 heteroatoms. The molecule has 3 atom stereocenters. The monoisotopic (exact) mass is 400 g/mol. The quantitative estimate of drug-likeness (QED) is 0.657. The zero-order valence-electron chi connectivity index (χ0n) is 16.6. The first-order valence-electron chi connectivity index (χ1n) is 10.0. The average Bonchev–Trinajstić information content (AvgIpc) is 2.77. The van der Waals surface area contributed by atoms with Crippen LogP contribution in [0.4, 0.5) is 0 Å². The normalized spacial score (nSPS) is 22.3. The molecule has 0 bridgehead atoms. The molecule has 0 radical (unpaired) electrons. The number of hydrogen-bond acceptors (Lipinski definition) is 5. The Labute approximate surface area is 173 Å². The highest BCUT2D eigenvalue weighted by molar-refractivity contribution is 6.06. The second-order valence-corrected chi connectivity index (χ2v) is 8.02. The molecule has 2 aliphatic carbocycles. The molecule has 0 aromatic heterocycles. The smallest absolute Gasteiger partial charge is 0.167 e. The lowest BCUT2D eigenvalue weighted by Crippen LogP contribution is -2.37. The number of para-hydroxylation sites is 1. The minimum atomic E-state index is -0.303.